The smallest absolute Gasteiger partial charge is 0.299 e. The molecule has 5 heteroatoms. The third-order valence-electron chi connectivity index (χ3n) is 2.69. The van der Waals surface area contributed by atoms with Crippen LogP contribution in [0.15, 0.2) is 18.2 Å². The molecule has 1 heterocycles. The molecule has 0 aromatic heterocycles. The molecule has 1 aliphatic rings. The summed E-state index contributed by atoms with van der Waals surface area (Å²) in [6, 6.07) is 4.90. The summed E-state index contributed by atoms with van der Waals surface area (Å²) in [5.41, 5.74) is 1.07. The van der Waals surface area contributed by atoms with Crippen molar-refractivity contribution in [2.45, 2.75) is 6.92 Å². The molecule has 0 spiro atoms. The number of hydrogen-bond donors (Lipinski definition) is 0. The van der Waals surface area contributed by atoms with Gasteiger partial charge in [0, 0.05) is 16.9 Å². The van der Waals surface area contributed by atoms with Gasteiger partial charge in [0.2, 0.25) is 0 Å². The molecule has 0 fully saturated rings. The fourth-order valence-electron chi connectivity index (χ4n) is 1.81. The molecule has 0 saturated carbocycles. The van der Waals surface area contributed by atoms with E-state index in [-0.39, 0.29) is 5.92 Å². The number of rotatable bonds is 3. The van der Waals surface area contributed by atoms with Gasteiger partial charge in [-0.05, 0) is 24.1 Å². The number of fused-ring (bicyclic) bond motifs is 1. The molecule has 2 rings (SSSR count). The van der Waals surface area contributed by atoms with E-state index in [1.807, 2.05) is 6.92 Å². The number of hydrogen-bond acceptors (Lipinski definition) is 2. The maximum absolute atomic E-state index is 11.8. The van der Waals surface area contributed by atoms with Crippen LogP contribution < -0.4 is 4.90 Å². The quantitative estimate of drug-likeness (QED) is 0.635. The molecule has 0 radical (unpaired) electrons. The molecule has 0 N–H and O–H groups in total. The first kappa shape index (κ1) is 12.6. The van der Waals surface area contributed by atoms with Gasteiger partial charge in [-0.2, -0.15) is 0 Å². The lowest BCUT2D eigenvalue weighted by atomic mass is 10.1. The van der Waals surface area contributed by atoms with E-state index in [0.29, 0.717) is 22.8 Å². The molecule has 3 nitrogen and oxygen atoms in total. The number of nitrogens with zero attached hydrogens (tertiary/aromatic N) is 1. The summed E-state index contributed by atoms with van der Waals surface area (Å²) in [5, 5.41) is 1.31. The van der Waals surface area contributed by atoms with Gasteiger partial charge >= 0.3 is 0 Å². The van der Waals surface area contributed by atoms with E-state index in [9.17, 15) is 9.59 Å². The predicted molar refractivity (Wildman–Crippen MR) is 71.1 cm³/mol. The van der Waals surface area contributed by atoms with Crippen LogP contribution in [-0.2, 0) is 4.79 Å². The number of carbonyl (C=O) groups is 2. The molecular weight excluding hydrogens is 305 g/mol. The summed E-state index contributed by atoms with van der Waals surface area (Å²) in [4.78, 5) is 25.1. The molecule has 1 aliphatic heterocycles. The van der Waals surface area contributed by atoms with E-state index < -0.39 is 11.7 Å². The van der Waals surface area contributed by atoms with Crippen LogP contribution in [0.1, 0.15) is 17.3 Å². The van der Waals surface area contributed by atoms with Crippen molar-refractivity contribution in [2.75, 3.05) is 16.8 Å². The first-order chi connectivity index (χ1) is 8.04. The highest BCUT2D eigenvalue weighted by Crippen LogP contribution is 2.32. The summed E-state index contributed by atoms with van der Waals surface area (Å²) in [7, 11) is 0. The molecule has 1 atom stereocenters. The van der Waals surface area contributed by atoms with E-state index in [1.54, 1.807) is 18.2 Å². The van der Waals surface area contributed by atoms with Crippen molar-refractivity contribution in [2.24, 2.45) is 5.92 Å². The molecular formula is C12H11BrClNO2. The van der Waals surface area contributed by atoms with E-state index in [1.165, 1.54) is 4.90 Å². The Morgan fingerprint density at radius 3 is 2.76 bits per heavy atom. The minimum atomic E-state index is -0.463. The SMILES string of the molecule is CC(CBr)CN1C(=O)C(=O)c2ccc(Cl)cc21. The molecule has 0 saturated heterocycles. The van der Waals surface area contributed by atoms with Crippen LogP contribution in [0.4, 0.5) is 5.69 Å². The summed E-state index contributed by atoms with van der Waals surface area (Å²) in [6.07, 6.45) is 0. The third-order valence-corrected chi connectivity index (χ3v) is 4.03. The maximum Gasteiger partial charge on any atom is 0.299 e. The van der Waals surface area contributed by atoms with E-state index in [4.69, 9.17) is 11.6 Å². The van der Waals surface area contributed by atoms with Gasteiger partial charge in [-0.15, -0.1) is 0 Å². The van der Waals surface area contributed by atoms with Gasteiger partial charge in [-0.25, -0.2) is 0 Å². The van der Waals surface area contributed by atoms with Crippen LogP contribution in [0.25, 0.3) is 0 Å². The van der Waals surface area contributed by atoms with Gasteiger partial charge in [-0.1, -0.05) is 34.5 Å². The number of anilines is 1. The van der Waals surface area contributed by atoms with Crippen LogP contribution in [0, 0.1) is 5.92 Å². The molecule has 1 amide bonds. The van der Waals surface area contributed by atoms with Gasteiger partial charge in [-0.3, -0.25) is 9.59 Å². The minimum absolute atomic E-state index is 0.275. The average molecular weight is 317 g/mol. The van der Waals surface area contributed by atoms with Gasteiger partial charge < -0.3 is 4.90 Å². The van der Waals surface area contributed by atoms with Crippen molar-refractivity contribution in [3.05, 3.63) is 28.8 Å². The lowest BCUT2D eigenvalue weighted by molar-refractivity contribution is -0.114. The Labute approximate surface area is 113 Å². The summed E-state index contributed by atoms with van der Waals surface area (Å²) >= 11 is 9.26. The van der Waals surface area contributed by atoms with Crippen LogP contribution >= 0.6 is 27.5 Å². The van der Waals surface area contributed by atoms with Gasteiger partial charge in [0.1, 0.15) is 0 Å². The zero-order valence-electron chi connectivity index (χ0n) is 9.24. The van der Waals surface area contributed by atoms with Gasteiger partial charge in [0.25, 0.3) is 11.7 Å². The molecule has 0 aliphatic carbocycles. The summed E-state index contributed by atoms with van der Waals surface area (Å²) in [6.45, 7) is 2.53. The molecule has 0 bridgehead atoms. The third kappa shape index (κ3) is 2.24. The standard InChI is InChI=1S/C12H11BrClNO2/c1-7(5-13)6-15-10-4-8(14)2-3-9(10)11(16)12(15)17/h2-4,7H,5-6H2,1H3. The zero-order valence-corrected chi connectivity index (χ0v) is 11.6. The predicted octanol–water partition coefficient (Wildman–Crippen LogP) is 2.90. The number of halogens is 2. The Kier molecular flexibility index (Phi) is 3.54. The Hall–Kier alpha value is -0.870. The highest BCUT2D eigenvalue weighted by molar-refractivity contribution is 9.09. The van der Waals surface area contributed by atoms with Crippen molar-refractivity contribution < 1.29 is 9.59 Å². The molecule has 17 heavy (non-hydrogen) atoms. The molecule has 1 aromatic carbocycles. The lowest BCUT2D eigenvalue weighted by Crippen LogP contribution is -2.34. The lowest BCUT2D eigenvalue weighted by Gasteiger charge is -2.19. The van der Waals surface area contributed by atoms with Crippen molar-refractivity contribution in [1.82, 2.24) is 0 Å². The second-order valence-electron chi connectivity index (χ2n) is 4.17. The zero-order chi connectivity index (χ0) is 12.6. The summed E-state index contributed by atoms with van der Waals surface area (Å²) < 4.78 is 0. The van der Waals surface area contributed by atoms with Crippen LogP contribution in [0.2, 0.25) is 5.02 Å². The average Bonchev–Trinajstić information content (AvgIpc) is 2.54. The van der Waals surface area contributed by atoms with Gasteiger partial charge in [0.15, 0.2) is 0 Å². The number of benzene rings is 1. The maximum atomic E-state index is 11.8. The second-order valence-corrected chi connectivity index (χ2v) is 5.25. The first-order valence-electron chi connectivity index (χ1n) is 5.26. The fraction of sp³-hybridized carbons (Fsp3) is 0.333. The number of carbonyl (C=O) groups excluding carboxylic acids is 2. The van der Waals surface area contributed by atoms with E-state index >= 15 is 0 Å². The number of alkyl halides is 1. The highest BCUT2D eigenvalue weighted by Gasteiger charge is 2.36. The fourth-order valence-corrected chi connectivity index (χ4v) is 2.18. The molecule has 1 aromatic rings. The second kappa shape index (κ2) is 4.78. The van der Waals surface area contributed by atoms with Crippen molar-refractivity contribution in [3.63, 3.8) is 0 Å². The number of ketones is 1. The normalized spacial score (nSPS) is 16.3. The van der Waals surface area contributed by atoms with Crippen molar-refractivity contribution in [3.8, 4) is 0 Å². The largest absolute Gasteiger partial charge is 0.304 e. The Balaban J connectivity index is 2.39. The monoisotopic (exact) mass is 315 g/mol. The van der Waals surface area contributed by atoms with E-state index in [2.05, 4.69) is 15.9 Å². The summed E-state index contributed by atoms with van der Waals surface area (Å²) in [5.74, 6) is -0.634. The van der Waals surface area contributed by atoms with Crippen molar-refractivity contribution >= 4 is 44.9 Å². The van der Waals surface area contributed by atoms with Crippen LogP contribution in [0.5, 0.6) is 0 Å². The van der Waals surface area contributed by atoms with Gasteiger partial charge in [0.05, 0.1) is 11.3 Å². The highest BCUT2D eigenvalue weighted by atomic mass is 79.9. The number of Topliss-reactive ketones (excluding diaryl/α,β-unsaturated/α-hetero) is 1. The first-order valence-corrected chi connectivity index (χ1v) is 6.76. The topological polar surface area (TPSA) is 37.4 Å². The van der Waals surface area contributed by atoms with Crippen molar-refractivity contribution in [1.29, 1.82) is 0 Å². The van der Waals surface area contributed by atoms with Crippen LogP contribution in [0.3, 0.4) is 0 Å². The van der Waals surface area contributed by atoms with Crippen LogP contribution in [-0.4, -0.2) is 23.6 Å². The Morgan fingerprint density at radius 2 is 2.12 bits per heavy atom. The molecule has 90 valence electrons. The Bertz CT molecular complexity index is 489. The Morgan fingerprint density at radius 1 is 1.41 bits per heavy atom. The minimum Gasteiger partial charge on any atom is -0.304 e. The van der Waals surface area contributed by atoms with E-state index in [0.717, 1.165) is 5.33 Å². The molecule has 1 unspecified atom stereocenters. The number of amides is 1.